The zero-order valence-electron chi connectivity index (χ0n) is 10.8. The summed E-state index contributed by atoms with van der Waals surface area (Å²) in [6.07, 6.45) is 0.532. The van der Waals surface area contributed by atoms with Crippen molar-refractivity contribution in [2.45, 2.75) is 38.8 Å². The Morgan fingerprint density at radius 1 is 1.50 bits per heavy atom. The van der Waals surface area contributed by atoms with E-state index in [1.165, 1.54) is 0 Å². The zero-order valence-corrected chi connectivity index (χ0v) is 10.8. The third-order valence-corrected chi connectivity index (χ3v) is 3.79. The smallest absolute Gasteiger partial charge is 0.237 e. The van der Waals surface area contributed by atoms with Gasteiger partial charge in [-0.2, -0.15) is 0 Å². The number of nitro groups is 1. The molecule has 0 spiro atoms. The normalized spacial score (nSPS) is 23.8. The number of aromatic nitrogens is 1. The Morgan fingerprint density at radius 2 is 2.17 bits per heavy atom. The number of piperidine rings is 1. The molecular formula is C12H17N3O3. The van der Waals surface area contributed by atoms with E-state index in [0.29, 0.717) is 6.42 Å². The predicted molar refractivity (Wildman–Crippen MR) is 65.8 cm³/mol. The first-order valence-electron chi connectivity index (χ1n) is 5.97. The third-order valence-electron chi connectivity index (χ3n) is 3.79. The standard InChI is InChI=1S/C12H17N3O3/c1-7-6-9(8(2)14(7)3)12-10(15(17)18)4-5-11(16)13-12/h6,10,12H,4-5H2,1-3H3,(H,13,16). The third kappa shape index (κ3) is 1.98. The van der Waals surface area contributed by atoms with Crippen molar-refractivity contribution in [1.29, 1.82) is 0 Å². The molecule has 1 aliphatic heterocycles. The first-order chi connectivity index (χ1) is 8.41. The number of nitrogens with zero attached hydrogens (tertiary/aromatic N) is 2. The average Bonchev–Trinajstić information content (AvgIpc) is 2.56. The second-order valence-corrected chi connectivity index (χ2v) is 4.82. The number of nitrogens with one attached hydrogen (secondary N) is 1. The molecule has 6 heteroatoms. The minimum Gasteiger partial charge on any atom is -0.352 e. The molecule has 98 valence electrons. The van der Waals surface area contributed by atoms with Crippen LogP contribution in [0.25, 0.3) is 0 Å². The number of aryl methyl sites for hydroxylation is 1. The van der Waals surface area contributed by atoms with Gasteiger partial charge in [0.25, 0.3) is 0 Å². The van der Waals surface area contributed by atoms with Gasteiger partial charge in [0.15, 0.2) is 0 Å². The molecular weight excluding hydrogens is 234 g/mol. The second-order valence-electron chi connectivity index (χ2n) is 4.82. The molecule has 0 radical (unpaired) electrons. The molecule has 0 aromatic carbocycles. The number of hydrogen-bond acceptors (Lipinski definition) is 3. The highest BCUT2D eigenvalue weighted by molar-refractivity contribution is 5.77. The van der Waals surface area contributed by atoms with E-state index in [2.05, 4.69) is 5.32 Å². The lowest BCUT2D eigenvalue weighted by atomic mass is 9.92. The van der Waals surface area contributed by atoms with Crippen LogP contribution in [0.4, 0.5) is 0 Å². The molecule has 1 aliphatic rings. The molecule has 0 aliphatic carbocycles. The summed E-state index contributed by atoms with van der Waals surface area (Å²) in [6, 6.07) is 0.673. The summed E-state index contributed by atoms with van der Waals surface area (Å²) in [5.41, 5.74) is 2.85. The molecule has 2 rings (SSSR count). The highest BCUT2D eigenvalue weighted by Gasteiger charge is 2.39. The maximum Gasteiger partial charge on any atom is 0.237 e. The van der Waals surface area contributed by atoms with Crippen LogP contribution in [-0.2, 0) is 11.8 Å². The van der Waals surface area contributed by atoms with E-state index in [1.54, 1.807) is 0 Å². The lowest BCUT2D eigenvalue weighted by Crippen LogP contribution is -2.45. The molecule has 1 aromatic rings. The van der Waals surface area contributed by atoms with Crippen LogP contribution in [0.2, 0.25) is 0 Å². The summed E-state index contributed by atoms with van der Waals surface area (Å²) < 4.78 is 1.98. The van der Waals surface area contributed by atoms with Gasteiger partial charge in [0.1, 0.15) is 6.04 Å². The van der Waals surface area contributed by atoms with Crippen LogP contribution in [0, 0.1) is 24.0 Å². The van der Waals surface area contributed by atoms with Gasteiger partial charge in [-0.1, -0.05) is 0 Å². The SMILES string of the molecule is Cc1cc(C2NC(=O)CCC2[N+](=O)[O-])c(C)n1C. The van der Waals surface area contributed by atoms with E-state index in [9.17, 15) is 14.9 Å². The van der Waals surface area contributed by atoms with Crippen LogP contribution in [0.1, 0.15) is 35.8 Å². The van der Waals surface area contributed by atoms with Gasteiger partial charge < -0.3 is 9.88 Å². The van der Waals surface area contributed by atoms with E-state index >= 15 is 0 Å². The van der Waals surface area contributed by atoms with Crippen LogP contribution < -0.4 is 5.32 Å². The van der Waals surface area contributed by atoms with E-state index in [4.69, 9.17) is 0 Å². The number of hydrogen-bond donors (Lipinski definition) is 1. The van der Waals surface area contributed by atoms with Gasteiger partial charge in [-0.15, -0.1) is 0 Å². The van der Waals surface area contributed by atoms with Crippen LogP contribution in [0.15, 0.2) is 6.07 Å². The number of rotatable bonds is 2. The molecule has 18 heavy (non-hydrogen) atoms. The minimum absolute atomic E-state index is 0.112. The lowest BCUT2D eigenvalue weighted by Gasteiger charge is -2.26. The van der Waals surface area contributed by atoms with Crippen molar-refractivity contribution in [3.63, 3.8) is 0 Å². The lowest BCUT2D eigenvalue weighted by molar-refractivity contribution is -0.529. The van der Waals surface area contributed by atoms with Crippen LogP contribution in [0.5, 0.6) is 0 Å². The number of carbonyl (C=O) groups is 1. The first kappa shape index (κ1) is 12.6. The fourth-order valence-electron chi connectivity index (χ4n) is 2.50. The van der Waals surface area contributed by atoms with Crippen molar-refractivity contribution in [2.24, 2.45) is 7.05 Å². The Hall–Kier alpha value is -1.85. The summed E-state index contributed by atoms with van der Waals surface area (Å²) in [4.78, 5) is 22.3. The summed E-state index contributed by atoms with van der Waals surface area (Å²) >= 11 is 0. The van der Waals surface area contributed by atoms with Crippen molar-refractivity contribution in [3.05, 3.63) is 33.1 Å². The molecule has 1 aromatic heterocycles. The van der Waals surface area contributed by atoms with Crippen LogP contribution in [0.3, 0.4) is 0 Å². The molecule has 1 saturated heterocycles. The van der Waals surface area contributed by atoms with Crippen molar-refractivity contribution in [1.82, 2.24) is 9.88 Å². The summed E-state index contributed by atoms with van der Waals surface area (Å²) in [6.45, 7) is 3.86. The zero-order chi connectivity index (χ0) is 13.4. The second kappa shape index (κ2) is 4.44. The van der Waals surface area contributed by atoms with Crippen molar-refractivity contribution < 1.29 is 9.72 Å². The van der Waals surface area contributed by atoms with Gasteiger partial charge >= 0.3 is 0 Å². The van der Waals surface area contributed by atoms with Crippen molar-refractivity contribution in [3.8, 4) is 0 Å². The quantitative estimate of drug-likeness (QED) is 0.634. The van der Waals surface area contributed by atoms with Crippen LogP contribution in [-0.4, -0.2) is 21.4 Å². The molecule has 2 atom stereocenters. The summed E-state index contributed by atoms with van der Waals surface area (Å²) in [7, 11) is 1.92. The Balaban J connectivity index is 2.41. The molecule has 6 nitrogen and oxygen atoms in total. The molecule has 0 bridgehead atoms. The highest BCUT2D eigenvalue weighted by Crippen LogP contribution is 2.29. The number of amides is 1. The maximum absolute atomic E-state index is 11.5. The van der Waals surface area contributed by atoms with Gasteiger partial charge in [0, 0.05) is 41.8 Å². The summed E-state index contributed by atoms with van der Waals surface area (Å²) in [5.74, 6) is -0.112. The molecule has 0 saturated carbocycles. The average molecular weight is 251 g/mol. The highest BCUT2D eigenvalue weighted by atomic mass is 16.6. The Kier molecular flexibility index (Phi) is 3.11. The Bertz CT molecular complexity index is 507. The first-order valence-corrected chi connectivity index (χ1v) is 5.97. The fraction of sp³-hybridized carbons (Fsp3) is 0.583. The van der Waals surface area contributed by atoms with Crippen molar-refractivity contribution in [2.75, 3.05) is 0 Å². The fourth-order valence-corrected chi connectivity index (χ4v) is 2.50. The van der Waals surface area contributed by atoms with E-state index < -0.39 is 12.1 Å². The summed E-state index contributed by atoms with van der Waals surface area (Å²) in [5, 5.41) is 13.8. The molecule has 1 N–H and O–H groups in total. The molecule has 2 unspecified atom stereocenters. The number of carbonyl (C=O) groups excluding carboxylic acids is 1. The Morgan fingerprint density at radius 3 is 2.67 bits per heavy atom. The Labute approximate surface area is 105 Å². The molecule has 1 fully saturated rings. The van der Waals surface area contributed by atoms with Crippen LogP contribution >= 0.6 is 0 Å². The van der Waals surface area contributed by atoms with Crippen molar-refractivity contribution >= 4 is 5.91 Å². The van der Waals surface area contributed by atoms with E-state index in [-0.39, 0.29) is 17.3 Å². The van der Waals surface area contributed by atoms with Gasteiger partial charge in [0.05, 0.1) is 0 Å². The van der Waals surface area contributed by atoms with E-state index in [0.717, 1.165) is 17.0 Å². The largest absolute Gasteiger partial charge is 0.352 e. The molecule has 1 amide bonds. The minimum atomic E-state index is -0.733. The monoisotopic (exact) mass is 251 g/mol. The van der Waals surface area contributed by atoms with Gasteiger partial charge in [-0.25, -0.2) is 0 Å². The van der Waals surface area contributed by atoms with Gasteiger partial charge in [-0.3, -0.25) is 14.9 Å². The molecule has 2 heterocycles. The van der Waals surface area contributed by atoms with Gasteiger partial charge in [0.2, 0.25) is 11.9 Å². The topological polar surface area (TPSA) is 77.2 Å². The predicted octanol–water partition coefficient (Wildman–Crippen LogP) is 1.24. The van der Waals surface area contributed by atoms with Gasteiger partial charge in [-0.05, 0) is 19.9 Å². The van der Waals surface area contributed by atoms with E-state index in [1.807, 2.05) is 31.5 Å². The maximum atomic E-state index is 11.5.